The highest BCUT2D eigenvalue weighted by Crippen LogP contribution is 2.14. The highest BCUT2D eigenvalue weighted by atomic mass is 16.2. The van der Waals surface area contributed by atoms with E-state index in [1.807, 2.05) is 13.8 Å². The minimum atomic E-state index is -0.105. The molecule has 2 aromatic rings. The molecule has 0 aliphatic carbocycles. The number of fused-ring (bicyclic) bond motifs is 1. The van der Waals surface area contributed by atoms with Crippen LogP contribution in [-0.2, 0) is 14.1 Å². The second kappa shape index (κ2) is 4.91. The second-order valence-electron chi connectivity index (χ2n) is 5.21. The first-order chi connectivity index (χ1) is 8.91. The first-order valence-corrected chi connectivity index (χ1v) is 6.35. The normalized spacial score (nSPS) is 11.2. The van der Waals surface area contributed by atoms with Crippen LogP contribution in [0.25, 0.3) is 11.0 Å². The van der Waals surface area contributed by atoms with Crippen molar-refractivity contribution in [2.24, 2.45) is 20.0 Å². The van der Waals surface area contributed by atoms with Crippen molar-refractivity contribution in [1.29, 1.82) is 0 Å². The van der Waals surface area contributed by atoms with Gasteiger partial charge in [-0.2, -0.15) is 0 Å². The van der Waals surface area contributed by atoms with E-state index >= 15 is 0 Å². The summed E-state index contributed by atoms with van der Waals surface area (Å²) in [6, 6.07) is 5.31. The summed E-state index contributed by atoms with van der Waals surface area (Å²) < 4.78 is 3.12. The van der Waals surface area contributed by atoms with Crippen LogP contribution in [0.15, 0.2) is 23.0 Å². The average Bonchev–Trinajstić information content (AvgIpc) is 2.61. The van der Waals surface area contributed by atoms with Crippen LogP contribution < -0.4 is 11.0 Å². The maximum Gasteiger partial charge on any atom is 0.328 e. The second-order valence-corrected chi connectivity index (χ2v) is 5.21. The molecule has 1 aromatic carbocycles. The summed E-state index contributed by atoms with van der Waals surface area (Å²) in [6.07, 6.45) is 0. The van der Waals surface area contributed by atoms with Crippen LogP contribution in [0.2, 0.25) is 0 Å². The van der Waals surface area contributed by atoms with Gasteiger partial charge in [0.1, 0.15) is 0 Å². The fraction of sp³-hybridized carbons (Fsp3) is 0.429. The molecular formula is C14H19N3O2. The molecule has 1 heterocycles. The molecule has 19 heavy (non-hydrogen) atoms. The Morgan fingerprint density at radius 2 is 1.84 bits per heavy atom. The average molecular weight is 261 g/mol. The summed E-state index contributed by atoms with van der Waals surface area (Å²) in [6.45, 7) is 4.74. The number of aryl methyl sites for hydroxylation is 2. The third-order valence-corrected chi connectivity index (χ3v) is 3.21. The molecule has 2 rings (SSSR count). The predicted molar refractivity (Wildman–Crippen MR) is 75.3 cm³/mol. The highest BCUT2D eigenvalue weighted by Gasteiger charge is 2.11. The third-order valence-electron chi connectivity index (χ3n) is 3.21. The van der Waals surface area contributed by atoms with Crippen LogP contribution in [0.1, 0.15) is 24.2 Å². The molecular weight excluding hydrogens is 242 g/mol. The van der Waals surface area contributed by atoms with Crippen molar-refractivity contribution < 1.29 is 4.79 Å². The van der Waals surface area contributed by atoms with Gasteiger partial charge in [0.25, 0.3) is 5.91 Å². The molecule has 0 bridgehead atoms. The number of nitrogens with zero attached hydrogens (tertiary/aromatic N) is 2. The molecule has 1 N–H and O–H groups in total. The van der Waals surface area contributed by atoms with E-state index in [9.17, 15) is 9.59 Å². The first-order valence-electron chi connectivity index (χ1n) is 6.35. The van der Waals surface area contributed by atoms with Crippen LogP contribution >= 0.6 is 0 Å². The fourth-order valence-corrected chi connectivity index (χ4v) is 2.05. The monoisotopic (exact) mass is 261 g/mol. The van der Waals surface area contributed by atoms with E-state index in [2.05, 4.69) is 5.32 Å². The van der Waals surface area contributed by atoms with E-state index < -0.39 is 0 Å². The van der Waals surface area contributed by atoms with Crippen molar-refractivity contribution in [2.75, 3.05) is 6.54 Å². The number of imidazole rings is 1. The maximum absolute atomic E-state index is 12.0. The molecule has 0 radical (unpaired) electrons. The number of rotatable bonds is 3. The lowest BCUT2D eigenvalue weighted by atomic mass is 10.1. The van der Waals surface area contributed by atoms with E-state index in [-0.39, 0.29) is 11.6 Å². The van der Waals surface area contributed by atoms with Crippen LogP contribution in [-0.4, -0.2) is 21.6 Å². The lowest BCUT2D eigenvalue weighted by Gasteiger charge is -2.07. The Kier molecular flexibility index (Phi) is 3.46. The summed E-state index contributed by atoms with van der Waals surface area (Å²) in [5, 5.41) is 2.87. The van der Waals surface area contributed by atoms with Gasteiger partial charge in [-0.1, -0.05) is 13.8 Å². The van der Waals surface area contributed by atoms with Crippen LogP contribution in [0.3, 0.4) is 0 Å². The van der Waals surface area contributed by atoms with Crippen molar-refractivity contribution >= 4 is 16.9 Å². The molecule has 102 valence electrons. The highest BCUT2D eigenvalue weighted by molar-refractivity contribution is 5.97. The van der Waals surface area contributed by atoms with Gasteiger partial charge < -0.3 is 5.32 Å². The molecule has 0 atom stereocenters. The number of aromatic nitrogens is 2. The summed E-state index contributed by atoms with van der Waals surface area (Å²) in [5.41, 5.74) is 2.08. The molecule has 0 fully saturated rings. The molecule has 0 aliphatic heterocycles. The minimum absolute atomic E-state index is 0.0882. The molecule has 0 saturated carbocycles. The Labute approximate surface area is 111 Å². The lowest BCUT2D eigenvalue weighted by Crippen LogP contribution is -2.27. The van der Waals surface area contributed by atoms with Gasteiger partial charge >= 0.3 is 5.69 Å². The number of carbonyl (C=O) groups excluding carboxylic acids is 1. The Bertz CT molecular complexity index is 680. The molecule has 0 saturated heterocycles. The lowest BCUT2D eigenvalue weighted by molar-refractivity contribution is 0.0949. The summed E-state index contributed by atoms with van der Waals surface area (Å²) in [4.78, 5) is 23.8. The largest absolute Gasteiger partial charge is 0.352 e. The third kappa shape index (κ3) is 2.41. The quantitative estimate of drug-likeness (QED) is 0.904. The Hall–Kier alpha value is -2.04. The molecule has 1 aromatic heterocycles. The number of carbonyl (C=O) groups is 1. The SMILES string of the molecule is CC(C)CNC(=O)c1ccc2c(c1)n(C)c(=O)n2C. The number of hydrogen-bond acceptors (Lipinski definition) is 2. The van der Waals surface area contributed by atoms with Crippen molar-refractivity contribution in [3.63, 3.8) is 0 Å². The molecule has 5 heteroatoms. The van der Waals surface area contributed by atoms with Gasteiger partial charge in [0.2, 0.25) is 0 Å². The Morgan fingerprint density at radius 1 is 1.21 bits per heavy atom. The van der Waals surface area contributed by atoms with E-state index in [0.29, 0.717) is 18.0 Å². The van der Waals surface area contributed by atoms with Gasteiger partial charge in [-0.25, -0.2) is 4.79 Å². The van der Waals surface area contributed by atoms with Crippen molar-refractivity contribution in [3.8, 4) is 0 Å². The summed E-state index contributed by atoms with van der Waals surface area (Å²) in [5.74, 6) is 0.306. The number of benzene rings is 1. The summed E-state index contributed by atoms with van der Waals surface area (Å²) in [7, 11) is 3.43. The summed E-state index contributed by atoms with van der Waals surface area (Å²) >= 11 is 0. The number of nitrogens with one attached hydrogen (secondary N) is 1. The zero-order valence-electron chi connectivity index (χ0n) is 11.7. The Morgan fingerprint density at radius 3 is 2.47 bits per heavy atom. The predicted octanol–water partition coefficient (Wildman–Crippen LogP) is 1.26. The van der Waals surface area contributed by atoms with Gasteiger partial charge in [0, 0.05) is 26.2 Å². The standard InChI is InChI=1S/C14H19N3O2/c1-9(2)8-15-13(18)10-5-6-11-12(7-10)17(4)14(19)16(11)3/h5-7,9H,8H2,1-4H3,(H,15,18). The molecule has 0 unspecified atom stereocenters. The zero-order chi connectivity index (χ0) is 14.2. The fourth-order valence-electron chi connectivity index (χ4n) is 2.05. The first kappa shape index (κ1) is 13.4. The molecule has 1 amide bonds. The number of hydrogen-bond donors (Lipinski definition) is 1. The maximum atomic E-state index is 12.0. The van der Waals surface area contributed by atoms with Gasteiger partial charge in [-0.3, -0.25) is 13.9 Å². The molecule has 0 spiro atoms. The molecule has 5 nitrogen and oxygen atoms in total. The van der Waals surface area contributed by atoms with E-state index in [1.165, 1.54) is 0 Å². The van der Waals surface area contributed by atoms with Gasteiger partial charge in [0.15, 0.2) is 0 Å². The van der Waals surface area contributed by atoms with Crippen molar-refractivity contribution in [3.05, 3.63) is 34.2 Å². The minimum Gasteiger partial charge on any atom is -0.352 e. The van der Waals surface area contributed by atoms with Crippen LogP contribution in [0, 0.1) is 5.92 Å². The Balaban J connectivity index is 2.39. The van der Waals surface area contributed by atoms with E-state index in [1.54, 1.807) is 41.4 Å². The smallest absolute Gasteiger partial charge is 0.328 e. The zero-order valence-corrected chi connectivity index (χ0v) is 11.7. The van der Waals surface area contributed by atoms with Crippen molar-refractivity contribution in [2.45, 2.75) is 13.8 Å². The van der Waals surface area contributed by atoms with Gasteiger partial charge in [-0.15, -0.1) is 0 Å². The van der Waals surface area contributed by atoms with Crippen LogP contribution in [0.5, 0.6) is 0 Å². The topological polar surface area (TPSA) is 56.0 Å². The molecule has 0 aliphatic rings. The van der Waals surface area contributed by atoms with Crippen LogP contribution in [0.4, 0.5) is 0 Å². The van der Waals surface area contributed by atoms with E-state index in [0.717, 1.165) is 11.0 Å². The van der Waals surface area contributed by atoms with Gasteiger partial charge in [-0.05, 0) is 24.1 Å². The van der Waals surface area contributed by atoms with Gasteiger partial charge in [0.05, 0.1) is 11.0 Å². The van der Waals surface area contributed by atoms with Crippen molar-refractivity contribution in [1.82, 2.24) is 14.5 Å². The van der Waals surface area contributed by atoms with E-state index in [4.69, 9.17) is 0 Å². The number of amides is 1.